The maximum atomic E-state index is 12.8. The van der Waals surface area contributed by atoms with Crippen molar-refractivity contribution >= 4 is 11.9 Å². The first-order valence-electron chi connectivity index (χ1n) is 8.76. The molecule has 4 nitrogen and oxygen atoms in total. The lowest BCUT2D eigenvalue weighted by Gasteiger charge is -2.45. The average Bonchev–Trinajstić information content (AvgIpc) is 2.55. The van der Waals surface area contributed by atoms with Gasteiger partial charge in [-0.2, -0.15) is 0 Å². The maximum absolute atomic E-state index is 12.8. The van der Waals surface area contributed by atoms with Crippen LogP contribution < -0.4 is 0 Å². The Labute approximate surface area is 132 Å². The van der Waals surface area contributed by atoms with Crippen molar-refractivity contribution in [2.75, 3.05) is 13.1 Å². The lowest BCUT2D eigenvalue weighted by atomic mass is 9.71. The van der Waals surface area contributed by atoms with E-state index in [-0.39, 0.29) is 17.7 Å². The number of nitrogens with zero attached hydrogens (tertiary/aromatic N) is 1. The second-order valence-electron chi connectivity index (χ2n) is 7.46. The van der Waals surface area contributed by atoms with Crippen molar-refractivity contribution < 1.29 is 14.7 Å². The van der Waals surface area contributed by atoms with Crippen molar-refractivity contribution in [2.45, 2.75) is 57.8 Å². The first kappa shape index (κ1) is 15.6. The first-order valence-corrected chi connectivity index (χ1v) is 8.76. The number of rotatable bonds is 2. The van der Waals surface area contributed by atoms with Crippen molar-refractivity contribution in [1.29, 1.82) is 0 Å². The summed E-state index contributed by atoms with van der Waals surface area (Å²) in [6.07, 6.45) is 13.2. The third-order valence-electron chi connectivity index (χ3n) is 5.96. The van der Waals surface area contributed by atoms with Crippen LogP contribution in [-0.2, 0) is 9.59 Å². The highest BCUT2D eigenvalue weighted by molar-refractivity contribution is 5.79. The van der Waals surface area contributed by atoms with Crippen LogP contribution in [0.3, 0.4) is 0 Å². The van der Waals surface area contributed by atoms with Gasteiger partial charge in [0.15, 0.2) is 0 Å². The molecule has 2 fully saturated rings. The molecule has 1 atom stereocenters. The zero-order chi connectivity index (χ0) is 15.6. The summed E-state index contributed by atoms with van der Waals surface area (Å²) in [5, 5.41) is 9.08. The molecule has 1 spiro atoms. The minimum Gasteiger partial charge on any atom is -0.481 e. The second-order valence-corrected chi connectivity index (χ2v) is 7.46. The number of carbonyl (C=O) groups is 2. The van der Waals surface area contributed by atoms with Crippen LogP contribution in [0.2, 0.25) is 0 Å². The van der Waals surface area contributed by atoms with E-state index in [4.69, 9.17) is 5.11 Å². The number of aliphatic carboxylic acids is 1. The maximum Gasteiger partial charge on any atom is 0.306 e. The van der Waals surface area contributed by atoms with Gasteiger partial charge in [-0.1, -0.05) is 12.2 Å². The van der Waals surface area contributed by atoms with Crippen molar-refractivity contribution in [2.24, 2.45) is 17.3 Å². The summed E-state index contributed by atoms with van der Waals surface area (Å²) in [5.41, 5.74) is 0.320. The van der Waals surface area contributed by atoms with Gasteiger partial charge in [0, 0.05) is 19.0 Å². The van der Waals surface area contributed by atoms with Gasteiger partial charge in [-0.3, -0.25) is 9.59 Å². The van der Waals surface area contributed by atoms with Gasteiger partial charge in [-0.15, -0.1) is 0 Å². The number of carboxylic acids is 1. The van der Waals surface area contributed by atoms with Crippen LogP contribution in [0.15, 0.2) is 12.2 Å². The SMILES string of the molecule is O=C(O)C1CCC(C(=O)N2CCCC3(CC=CCC3)C2)CC1. The van der Waals surface area contributed by atoms with Crippen molar-refractivity contribution in [3.63, 3.8) is 0 Å². The number of hydrogen-bond donors (Lipinski definition) is 1. The fourth-order valence-electron chi connectivity index (χ4n) is 4.55. The van der Waals surface area contributed by atoms with Crippen LogP contribution in [0.4, 0.5) is 0 Å². The molecule has 1 amide bonds. The van der Waals surface area contributed by atoms with Crippen LogP contribution in [0.1, 0.15) is 57.8 Å². The largest absolute Gasteiger partial charge is 0.481 e. The number of likely N-dealkylation sites (tertiary alicyclic amines) is 1. The van der Waals surface area contributed by atoms with Crippen LogP contribution in [0.25, 0.3) is 0 Å². The van der Waals surface area contributed by atoms with Gasteiger partial charge in [-0.05, 0) is 63.2 Å². The molecule has 122 valence electrons. The standard InChI is InChI=1S/C18H27NO3/c20-16(14-5-7-15(8-6-14)17(21)22)19-12-4-11-18(13-19)9-2-1-3-10-18/h1-2,14-15H,3-13H2,(H,21,22). The Bertz CT molecular complexity index is 465. The molecule has 1 saturated carbocycles. The van der Waals surface area contributed by atoms with E-state index in [2.05, 4.69) is 17.1 Å². The predicted octanol–water partition coefficient (Wildman–Crippen LogP) is 3.23. The smallest absolute Gasteiger partial charge is 0.306 e. The van der Waals surface area contributed by atoms with Gasteiger partial charge in [0.2, 0.25) is 5.91 Å². The molecule has 3 rings (SSSR count). The Morgan fingerprint density at radius 3 is 2.41 bits per heavy atom. The highest BCUT2D eigenvalue weighted by atomic mass is 16.4. The zero-order valence-corrected chi connectivity index (χ0v) is 13.3. The third-order valence-corrected chi connectivity index (χ3v) is 5.96. The fourth-order valence-corrected chi connectivity index (χ4v) is 4.55. The topological polar surface area (TPSA) is 57.6 Å². The molecular weight excluding hydrogens is 278 g/mol. The highest BCUT2D eigenvalue weighted by Crippen LogP contribution is 2.41. The number of carboxylic acid groups (broad SMARTS) is 1. The molecule has 1 unspecified atom stereocenters. The number of carbonyl (C=O) groups excluding carboxylic acids is 1. The summed E-state index contributed by atoms with van der Waals surface area (Å²) in [7, 11) is 0. The van der Waals surface area contributed by atoms with Crippen LogP contribution in [0.5, 0.6) is 0 Å². The van der Waals surface area contributed by atoms with Crippen molar-refractivity contribution in [3.05, 3.63) is 12.2 Å². The summed E-state index contributed by atoms with van der Waals surface area (Å²) in [5.74, 6) is -0.584. The zero-order valence-electron chi connectivity index (χ0n) is 13.3. The second kappa shape index (κ2) is 6.43. The Balaban J connectivity index is 1.58. The predicted molar refractivity (Wildman–Crippen MR) is 84.3 cm³/mol. The molecule has 1 N–H and O–H groups in total. The first-order chi connectivity index (χ1) is 10.6. The molecule has 0 aromatic rings. The Morgan fingerprint density at radius 2 is 1.77 bits per heavy atom. The van der Waals surface area contributed by atoms with Gasteiger partial charge >= 0.3 is 5.97 Å². The summed E-state index contributed by atoms with van der Waals surface area (Å²) >= 11 is 0. The summed E-state index contributed by atoms with van der Waals surface area (Å²) in [6, 6.07) is 0. The Kier molecular flexibility index (Phi) is 4.55. The molecule has 0 radical (unpaired) electrons. The highest BCUT2D eigenvalue weighted by Gasteiger charge is 2.39. The van der Waals surface area contributed by atoms with Crippen molar-refractivity contribution in [3.8, 4) is 0 Å². The molecular formula is C18H27NO3. The minimum absolute atomic E-state index is 0.0601. The molecule has 22 heavy (non-hydrogen) atoms. The molecule has 0 aromatic heterocycles. The van der Waals surface area contributed by atoms with E-state index >= 15 is 0 Å². The molecule has 0 bridgehead atoms. The Hall–Kier alpha value is -1.32. The Morgan fingerprint density at radius 1 is 1.05 bits per heavy atom. The molecule has 0 aromatic carbocycles. The molecule has 1 aliphatic heterocycles. The quantitative estimate of drug-likeness (QED) is 0.797. The van der Waals surface area contributed by atoms with Gasteiger partial charge < -0.3 is 10.0 Å². The molecule has 4 heteroatoms. The van der Waals surface area contributed by atoms with E-state index in [1.165, 1.54) is 12.8 Å². The number of allylic oxidation sites excluding steroid dienone is 2. The van der Waals surface area contributed by atoms with Crippen molar-refractivity contribution in [1.82, 2.24) is 4.90 Å². The lowest BCUT2D eigenvalue weighted by Crippen LogP contribution is -2.49. The molecule has 1 heterocycles. The van der Waals surface area contributed by atoms with Crippen LogP contribution in [-0.4, -0.2) is 35.0 Å². The summed E-state index contributed by atoms with van der Waals surface area (Å²) in [6.45, 7) is 1.80. The molecule has 3 aliphatic rings. The van der Waals surface area contributed by atoms with Gasteiger partial charge in [0.05, 0.1) is 5.92 Å². The number of hydrogen-bond acceptors (Lipinski definition) is 2. The fraction of sp³-hybridized carbons (Fsp3) is 0.778. The minimum atomic E-state index is -0.697. The van der Waals surface area contributed by atoms with Crippen LogP contribution >= 0.6 is 0 Å². The third kappa shape index (κ3) is 3.21. The molecule has 2 aliphatic carbocycles. The van der Waals surface area contributed by atoms with Crippen LogP contribution in [0, 0.1) is 17.3 Å². The summed E-state index contributed by atoms with van der Waals surface area (Å²) < 4.78 is 0. The summed E-state index contributed by atoms with van der Waals surface area (Å²) in [4.78, 5) is 25.9. The molecule has 1 saturated heterocycles. The van der Waals surface area contributed by atoms with E-state index in [0.717, 1.165) is 45.2 Å². The number of piperidine rings is 1. The normalized spacial score (nSPS) is 35.5. The van der Waals surface area contributed by atoms with E-state index in [1.807, 2.05) is 0 Å². The van der Waals surface area contributed by atoms with Gasteiger partial charge in [0.25, 0.3) is 0 Å². The van der Waals surface area contributed by atoms with E-state index < -0.39 is 5.97 Å². The van der Waals surface area contributed by atoms with E-state index in [9.17, 15) is 9.59 Å². The van der Waals surface area contributed by atoms with Gasteiger partial charge in [-0.25, -0.2) is 0 Å². The van der Waals surface area contributed by atoms with Gasteiger partial charge in [0.1, 0.15) is 0 Å². The van der Waals surface area contributed by atoms with E-state index in [0.29, 0.717) is 18.3 Å². The number of amides is 1. The lowest BCUT2D eigenvalue weighted by molar-refractivity contribution is -0.146. The van der Waals surface area contributed by atoms with E-state index in [1.54, 1.807) is 0 Å². The average molecular weight is 305 g/mol. The monoisotopic (exact) mass is 305 g/mol.